The Hall–Kier alpha value is -0.290. The summed E-state index contributed by atoms with van der Waals surface area (Å²) in [5.74, 6) is 0. The van der Waals surface area contributed by atoms with Crippen molar-refractivity contribution in [1.82, 2.24) is 10.2 Å². The Kier molecular flexibility index (Phi) is 7.78. The molecular formula is C10H21F3N2. The van der Waals surface area contributed by atoms with Crippen molar-refractivity contribution in [1.29, 1.82) is 0 Å². The lowest BCUT2D eigenvalue weighted by Gasteiger charge is -2.22. The second-order valence-electron chi connectivity index (χ2n) is 3.60. The number of halogens is 3. The van der Waals surface area contributed by atoms with Crippen LogP contribution in [0.15, 0.2) is 0 Å². The van der Waals surface area contributed by atoms with E-state index in [0.29, 0.717) is 13.1 Å². The molecule has 0 unspecified atom stereocenters. The van der Waals surface area contributed by atoms with Crippen molar-refractivity contribution in [2.75, 3.05) is 32.7 Å². The first-order chi connectivity index (χ1) is 6.99. The Labute approximate surface area is 89.8 Å². The van der Waals surface area contributed by atoms with Crippen LogP contribution in [0.2, 0.25) is 0 Å². The van der Waals surface area contributed by atoms with Crippen molar-refractivity contribution in [3.8, 4) is 0 Å². The van der Waals surface area contributed by atoms with Gasteiger partial charge in [0.2, 0.25) is 0 Å². The Bertz CT molecular complexity index is 148. The minimum Gasteiger partial charge on any atom is -0.317 e. The summed E-state index contributed by atoms with van der Waals surface area (Å²) in [6.07, 6.45) is -2.55. The topological polar surface area (TPSA) is 15.3 Å². The molecule has 0 fully saturated rings. The third kappa shape index (κ3) is 10.0. The molecule has 0 spiro atoms. The molecular weight excluding hydrogens is 205 g/mol. The van der Waals surface area contributed by atoms with Crippen molar-refractivity contribution in [3.05, 3.63) is 0 Å². The largest absolute Gasteiger partial charge is 0.401 e. The van der Waals surface area contributed by atoms with Gasteiger partial charge >= 0.3 is 6.18 Å². The van der Waals surface area contributed by atoms with Crippen LogP contribution in [0.1, 0.15) is 26.7 Å². The summed E-state index contributed by atoms with van der Waals surface area (Å²) < 4.78 is 36.4. The van der Waals surface area contributed by atoms with Gasteiger partial charge in [-0.3, -0.25) is 4.90 Å². The zero-order chi connectivity index (χ0) is 11.7. The van der Waals surface area contributed by atoms with Gasteiger partial charge in [0, 0.05) is 0 Å². The molecule has 1 N–H and O–H groups in total. The van der Waals surface area contributed by atoms with Gasteiger partial charge in [-0.15, -0.1) is 0 Å². The first-order valence-corrected chi connectivity index (χ1v) is 5.49. The lowest BCUT2D eigenvalue weighted by molar-refractivity contribution is -0.146. The van der Waals surface area contributed by atoms with Crippen LogP contribution in [-0.4, -0.2) is 43.8 Å². The molecule has 5 heteroatoms. The van der Waals surface area contributed by atoms with Crippen LogP contribution in [0.25, 0.3) is 0 Å². The number of hydrogen-bond acceptors (Lipinski definition) is 2. The lowest BCUT2D eigenvalue weighted by Crippen LogP contribution is -2.36. The molecule has 0 atom stereocenters. The second kappa shape index (κ2) is 7.93. The van der Waals surface area contributed by atoms with Gasteiger partial charge in [0.1, 0.15) is 0 Å². The molecule has 0 amide bonds. The van der Waals surface area contributed by atoms with E-state index in [9.17, 15) is 13.2 Å². The number of nitrogens with one attached hydrogen (secondary N) is 1. The maximum absolute atomic E-state index is 12.1. The molecule has 0 saturated carbocycles. The first kappa shape index (κ1) is 14.7. The molecule has 92 valence electrons. The van der Waals surface area contributed by atoms with E-state index in [0.717, 1.165) is 25.9 Å². The SMILES string of the molecule is CCCN(CCCNCC)CC(F)(F)F. The van der Waals surface area contributed by atoms with Gasteiger partial charge < -0.3 is 5.32 Å². The molecule has 0 heterocycles. The monoisotopic (exact) mass is 226 g/mol. The van der Waals surface area contributed by atoms with E-state index < -0.39 is 12.7 Å². The van der Waals surface area contributed by atoms with E-state index in [-0.39, 0.29) is 0 Å². The van der Waals surface area contributed by atoms with Gasteiger partial charge in [-0.1, -0.05) is 13.8 Å². The van der Waals surface area contributed by atoms with Crippen LogP contribution in [-0.2, 0) is 0 Å². The van der Waals surface area contributed by atoms with Crippen LogP contribution in [0.4, 0.5) is 13.2 Å². The lowest BCUT2D eigenvalue weighted by atomic mass is 10.3. The molecule has 0 aliphatic heterocycles. The Morgan fingerprint density at radius 1 is 1.13 bits per heavy atom. The van der Waals surface area contributed by atoms with Crippen molar-refractivity contribution in [2.45, 2.75) is 32.9 Å². The molecule has 0 saturated heterocycles. The number of hydrogen-bond donors (Lipinski definition) is 1. The highest BCUT2D eigenvalue weighted by Crippen LogP contribution is 2.16. The molecule has 15 heavy (non-hydrogen) atoms. The predicted molar refractivity (Wildman–Crippen MR) is 55.9 cm³/mol. The molecule has 0 aliphatic rings. The molecule has 0 bridgehead atoms. The van der Waals surface area contributed by atoms with E-state index in [1.165, 1.54) is 4.90 Å². The highest BCUT2D eigenvalue weighted by atomic mass is 19.4. The third-order valence-electron chi connectivity index (χ3n) is 2.02. The second-order valence-corrected chi connectivity index (χ2v) is 3.60. The quantitative estimate of drug-likeness (QED) is 0.639. The van der Waals surface area contributed by atoms with E-state index in [2.05, 4.69) is 5.32 Å². The van der Waals surface area contributed by atoms with Gasteiger partial charge in [0.05, 0.1) is 6.54 Å². The highest BCUT2D eigenvalue weighted by Gasteiger charge is 2.29. The standard InChI is InChI=1S/C10H21F3N2/c1-3-7-15(9-10(11,12)13)8-5-6-14-4-2/h14H,3-9H2,1-2H3. The average molecular weight is 226 g/mol. The fraction of sp³-hybridized carbons (Fsp3) is 1.00. The molecule has 0 rings (SSSR count). The van der Waals surface area contributed by atoms with Crippen molar-refractivity contribution >= 4 is 0 Å². The zero-order valence-corrected chi connectivity index (χ0v) is 9.53. The summed E-state index contributed by atoms with van der Waals surface area (Å²) in [6, 6.07) is 0. The van der Waals surface area contributed by atoms with Crippen molar-refractivity contribution in [3.63, 3.8) is 0 Å². The van der Waals surface area contributed by atoms with Gasteiger partial charge in [-0.2, -0.15) is 13.2 Å². The number of nitrogens with zero attached hydrogens (tertiary/aromatic N) is 1. The molecule has 0 radical (unpaired) electrons. The van der Waals surface area contributed by atoms with E-state index in [1.807, 2.05) is 13.8 Å². The normalized spacial score (nSPS) is 12.4. The predicted octanol–water partition coefficient (Wildman–Crippen LogP) is 2.26. The summed E-state index contributed by atoms with van der Waals surface area (Å²) in [7, 11) is 0. The summed E-state index contributed by atoms with van der Waals surface area (Å²) in [4.78, 5) is 1.47. The van der Waals surface area contributed by atoms with Crippen LogP contribution in [0.3, 0.4) is 0 Å². The zero-order valence-electron chi connectivity index (χ0n) is 9.53. The summed E-state index contributed by atoms with van der Waals surface area (Å²) >= 11 is 0. The minimum atomic E-state index is -4.08. The van der Waals surface area contributed by atoms with Crippen LogP contribution in [0.5, 0.6) is 0 Å². The van der Waals surface area contributed by atoms with Gasteiger partial charge in [-0.05, 0) is 39.0 Å². The first-order valence-electron chi connectivity index (χ1n) is 5.49. The van der Waals surface area contributed by atoms with Gasteiger partial charge in [0.25, 0.3) is 0 Å². The smallest absolute Gasteiger partial charge is 0.317 e. The van der Waals surface area contributed by atoms with Crippen LogP contribution >= 0.6 is 0 Å². The summed E-state index contributed by atoms with van der Waals surface area (Å²) in [5, 5.41) is 3.10. The molecule has 0 aromatic rings. The molecule has 2 nitrogen and oxygen atoms in total. The van der Waals surface area contributed by atoms with Crippen LogP contribution < -0.4 is 5.32 Å². The molecule has 0 aromatic heterocycles. The maximum atomic E-state index is 12.1. The fourth-order valence-electron chi connectivity index (χ4n) is 1.44. The van der Waals surface area contributed by atoms with E-state index in [1.54, 1.807) is 0 Å². The fourth-order valence-corrected chi connectivity index (χ4v) is 1.44. The highest BCUT2D eigenvalue weighted by molar-refractivity contribution is 4.63. The third-order valence-corrected chi connectivity index (χ3v) is 2.02. The Morgan fingerprint density at radius 3 is 2.27 bits per heavy atom. The van der Waals surface area contributed by atoms with Gasteiger partial charge in [0.15, 0.2) is 0 Å². The van der Waals surface area contributed by atoms with Crippen LogP contribution in [0, 0.1) is 0 Å². The molecule has 0 aromatic carbocycles. The number of rotatable bonds is 8. The van der Waals surface area contributed by atoms with E-state index in [4.69, 9.17) is 0 Å². The summed E-state index contributed by atoms with van der Waals surface area (Å²) in [6.45, 7) is 5.79. The Balaban J connectivity index is 3.73. The summed E-state index contributed by atoms with van der Waals surface area (Å²) in [5.41, 5.74) is 0. The molecule has 0 aliphatic carbocycles. The minimum absolute atomic E-state index is 0.514. The van der Waals surface area contributed by atoms with Gasteiger partial charge in [-0.25, -0.2) is 0 Å². The van der Waals surface area contributed by atoms with Crippen molar-refractivity contribution in [2.24, 2.45) is 0 Å². The van der Waals surface area contributed by atoms with Crippen molar-refractivity contribution < 1.29 is 13.2 Å². The maximum Gasteiger partial charge on any atom is 0.401 e. The average Bonchev–Trinajstić information content (AvgIpc) is 2.10. The van der Waals surface area contributed by atoms with E-state index >= 15 is 0 Å². The number of alkyl halides is 3. The Morgan fingerprint density at radius 2 is 1.80 bits per heavy atom.